The summed E-state index contributed by atoms with van der Waals surface area (Å²) in [5, 5.41) is -0.625. The van der Waals surface area contributed by atoms with Gasteiger partial charge in [-0.2, -0.15) is 0 Å². The van der Waals surface area contributed by atoms with Crippen LogP contribution in [0, 0.1) is 0 Å². The van der Waals surface area contributed by atoms with E-state index in [1.807, 2.05) is 0 Å². The van der Waals surface area contributed by atoms with Crippen molar-refractivity contribution in [2.75, 3.05) is 0 Å². The molecule has 0 heterocycles. The molecule has 0 aromatic heterocycles. The van der Waals surface area contributed by atoms with Gasteiger partial charge in [0, 0.05) is 28.5 Å². The van der Waals surface area contributed by atoms with E-state index in [-0.39, 0.29) is 0 Å². The average Bonchev–Trinajstić information content (AvgIpc) is 2.84. The van der Waals surface area contributed by atoms with Crippen molar-refractivity contribution < 1.29 is 42.4 Å². The second-order valence-electron chi connectivity index (χ2n) is 4.64. The minimum atomic E-state index is -3.59. The fraction of sp³-hybridized carbons (Fsp3) is 0.300. The molecule has 1 atom stereocenters. The van der Waals surface area contributed by atoms with Crippen LogP contribution < -0.4 is 4.74 Å². The van der Waals surface area contributed by atoms with E-state index in [1.165, 1.54) is 0 Å². The Morgan fingerprint density at radius 1 is 1.08 bits per heavy atom. The molecule has 2 aromatic rings. The Balaban J connectivity index is 2.75. The van der Waals surface area contributed by atoms with Gasteiger partial charge in [-0.15, -0.1) is 0 Å². The third-order valence-corrected chi connectivity index (χ3v) is 2.76. The van der Waals surface area contributed by atoms with Gasteiger partial charge in [-0.25, -0.2) is 4.79 Å². The van der Waals surface area contributed by atoms with Crippen LogP contribution in [0.1, 0.15) is 66.7 Å². The number of carbonyl (C=O) groups is 2. The molecule has 0 radical (unpaired) electrons. The summed E-state index contributed by atoms with van der Waals surface area (Å²) < 4.78 is 142. The van der Waals surface area contributed by atoms with Crippen LogP contribution >= 0.6 is 11.6 Å². The molecule has 0 aliphatic rings. The highest BCUT2D eigenvalue weighted by Gasteiger charge is 2.32. The molecule has 0 N–H and O–H groups in total. The van der Waals surface area contributed by atoms with Crippen molar-refractivity contribution >= 4 is 23.4 Å². The van der Waals surface area contributed by atoms with Crippen LogP contribution in [-0.4, -0.2) is 23.5 Å². The lowest BCUT2D eigenvalue weighted by Crippen LogP contribution is -2.40. The number of halogens is 1. The number of hydrogen-bond donors (Lipinski definition) is 0. The molecule has 5 heteroatoms. The minimum Gasteiger partial charge on any atom is -0.476 e. The molecule has 0 spiro atoms. The van der Waals surface area contributed by atoms with E-state index in [0.29, 0.717) is 6.92 Å². The summed E-state index contributed by atoms with van der Waals surface area (Å²) in [6, 6.07) is -8.42. The van der Waals surface area contributed by atoms with Gasteiger partial charge < -0.3 is 9.47 Å². The molecular weight excluding hydrogens is 340 g/mol. The summed E-state index contributed by atoms with van der Waals surface area (Å²) in [6.07, 6.45) is -2.81. The van der Waals surface area contributed by atoms with Crippen molar-refractivity contribution in [3.05, 3.63) is 64.5 Å². The highest BCUT2D eigenvalue weighted by atomic mass is 35.5. The van der Waals surface area contributed by atoms with Crippen LogP contribution in [-0.2, 0) is 9.53 Å². The normalized spacial score (nSPS) is 24.5. The number of benzene rings is 2. The second-order valence-corrected chi connectivity index (χ2v) is 5.02. The van der Waals surface area contributed by atoms with Gasteiger partial charge in [0.25, 0.3) is 0 Å². The summed E-state index contributed by atoms with van der Waals surface area (Å²) >= 11 is 5.73. The van der Waals surface area contributed by atoms with E-state index in [1.54, 1.807) is 0 Å². The fourth-order valence-corrected chi connectivity index (χ4v) is 1.56. The minimum absolute atomic E-state index is 0.515. The molecule has 4 nitrogen and oxygen atoms in total. The van der Waals surface area contributed by atoms with Crippen molar-refractivity contribution in [1.82, 2.24) is 0 Å². The Kier molecular flexibility index (Phi) is 1.98. The molecule has 2 aromatic carbocycles. The van der Waals surface area contributed by atoms with E-state index in [4.69, 9.17) is 39.6 Å². The number of esters is 1. The number of ketones is 1. The Labute approximate surface area is 176 Å². The van der Waals surface area contributed by atoms with Crippen LogP contribution in [0.4, 0.5) is 0 Å². The van der Waals surface area contributed by atoms with Crippen molar-refractivity contribution in [3.63, 3.8) is 0 Å². The van der Waals surface area contributed by atoms with Crippen molar-refractivity contribution in [2.45, 2.75) is 39.2 Å². The number of rotatable bonds is 6. The van der Waals surface area contributed by atoms with Crippen molar-refractivity contribution in [1.29, 1.82) is 0 Å². The van der Waals surface area contributed by atoms with Gasteiger partial charge >= 0.3 is 5.97 Å². The van der Waals surface area contributed by atoms with E-state index >= 15 is 0 Å². The summed E-state index contributed by atoms with van der Waals surface area (Å²) in [6.45, 7) is -9.97. The van der Waals surface area contributed by atoms with Gasteiger partial charge in [0.2, 0.25) is 0 Å². The van der Waals surface area contributed by atoms with Crippen LogP contribution in [0.15, 0.2) is 48.3 Å². The van der Waals surface area contributed by atoms with E-state index < -0.39 is 114 Å². The lowest BCUT2D eigenvalue weighted by atomic mass is 10.0. The quantitative estimate of drug-likeness (QED) is 0.541. The van der Waals surface area contributed by atoms with Gasteiger partial charge in [-0.05, 0) is 75.8 Å². The maximum atomic E-state index is 13.3. The molecular formula is C20H21ClO4. The first-order valence-corrected chi connectivity index (χ1v) is 6.90. The van der Waals surface area contributed by atoms with Gasteiger partial charge in [-0.1, -0.05) is 11.6 Å². The predicted molar refractivity (Wildman–Crippen MR) is 97.3 cm³/mol. The molecule has 0 saturated heterocycles. The zero-order chi connectivity index (χ0) is 33.1. The smallest absolute Gasteiger partial charge is 0.350 e. The highest BCUT2D eigenvalue weighted by molar-refractivity contribution is 6.30. The standard InChI is InChI=1S/C20H21ClO4/c1-13(2)24-19(23)20(3,4)25-17-11-7-15(8-12-17)18(22)14-5-9-16(21)10-6-14/h5-13H,1-4H3/i1D3,2D3,3D3,5D,6D,7D,8D,9D,10D,11D,12D. The van der Waals surface area contributed by atoms with Crippen LogP contribution in [0.25, 0.3) is 0 Å². The molecule has 0 fully saturated rings. The number of ether oxygens (including phenoxy) is 2. The number of hydrogen-bond acceptors (Lipinski definition) is 4. The molecule has 2 rings (SSSR count). The lowest BCUT2D eigenvalue weighted by molar-refractivity contribution is -0.163. The molecule has 0 bridgehead atoms. The van der Waals surface area contributed by atoms with E-state index in [9.17, 15) is 9.59 Å². The summed E-state index contributed by atoms with van der Waals surface area (Å²) in [5.74, 6) is -4.77. The van der Waals surface area contributed by atoms with Gasteiger partial charge in [-0.3, -0.25) is 4.79 Å². The third kappa shape index (κ3) is 5.07. The Morgan fingerprint density at radius 3 is 2.16 bits per heavy atom. The average molecular weight is 378 g/mol. The molecule has 0 aliphatic heterocycles. The number of carbonyl (C=O) groups excluding carboxylic acids is 2. The Bertz CT molecular complexity index is 1370. The van der Waals surface area contributed by atoms with Crippen LogP contribution in [0.5, 0.6) is 5.75 Å². The molecule has 1 unspecified atom stereocenters. The van der Waals surface area contributed by atoms with Crippen molar-refractivity contribution in [2.24, 2.45) is 0 Å². The zero-order valence-corrected chi connectivity index (χ0v) is 13.3. The van der Waals surface area contributed by atoms with Crippen LogP contribution in [0.2, 0.25) is 5.02 Å². The maximum absolute atomic E-state index is 13.3. The monoisotopic (exact) mass is 377 g/mol. The molecule has 0 saturated carbocycles. The fourth-order valence-electron chi connectivity index (χ4n) is 1.47. The summed E-state index contributed by atoms with van der Waals surface area (Å²) in [7, 11) is 0. The predicted octanol–water partition coefficient (Wildman–Crippen LogP) is 4.68. The molecule has 25 heavy (non-hydrogen) atoms. The largest absolute Gasteiger partial charge is 0.476 e. The van der Waals surface area contributed by atoms with Crippen molar-refractivity contribution in [3.8, 4) is 5.75 Å². The highest BCUT2D eigenvalue weighted by Crippen LogP contribution is 2.22. The first kappa shape index (κ1) is 6.44. The second kappa shape index (κ2) is 7.70. The van der Waals surface area contributed by atoms with E-state index in [0.717, 1.165) is 0 Å². The van der Waals surface area contributed by atoms with Gasteiger partial charge in [0.15, 0.2) is 11.4 Å². The third-order valence-electron chi connectivity index (χ3n) is 2.57. The maximum Gasteiger partial charge on any atom is 0.350 e. The summed E-state index contributed by atoms with van der Waals surface area (Å²) in [4.78, 5) is 26.2. The Morgan fingerprint density at radius 2 is 1.64 bits per heavy atom. The molecule has 132 valence electrons. The first-order chi connectivity index (χ1) is 18.7. The van der Waals surface area contributed by atoms with E-state index in [2.05, 4.69) is 4.74 Å². The van der Waals surface area contributed by atoms with Crippen LogP contribution in [0.3, 0.4) is 0 Å². The SMILES string of the molecule is [2H]c1c([2H])c(C(=O)c2c([2H])c([2H])c(OC(C)(C(=O)OC(C([2H])([2H])[2H])C([2H])([2H])[2H])C([2H])([2H])[2H])c([2H])c2[2H])c([2H])c([2H])c1Cl. The Hall–Kier alpha value is -2.33. The molecule has 0 aliphatic carbocycles. The van der Waals surface area contributed by atoms with Gasteiger partial charge in [0.1, 0.15) is 5.75 Å². The van der Waals surface area contributed by atoms with Gasteiger partial charge in [0.05, 0.1) is 17.1 Å². The zero-order valence-electron chi connectivity index (χ0n) is 29.6. The lowest BCUT2D eigenvalue weighted by Gasteiger charge is -2.25. The topological polar surface area (TPSA) is 52.6 Å². The molecule has 0 amide bonds. The summed E-state index contributed by atoms with van der Waals surface area (Å²) in [5.41, 5.74) is -5.32. The first-order valence-electron chi connectivity index (χ1n) is 15.0.